The number of hydrogen-bond acceptors (Lipinski definition) is 3. The van der Waals surface area contributed by atoms with E-state index in [0.717, 1.165) is 22.4 Å². The summed E-state index contributed by atoms with van der Waals surface area (Å²) in [4.78, 5) is 4.09. The highest BCUT2D eigenvalue weighted by molar-refractivity contribution is 5.69. The Labute approximate surface area is 153 Å². The zero-order valence-corrected chi connectivity index (χ0v) is 14.4. The van der Waals surface area contributed by atoms with Gasteiger partial charge >= 0.3 is 0 Å². The molecule has 0 aliphatic heterocycles. The molecule has 1 aromatic heterocycles. The first-order valence-corrected chi connectivity index (χ1v) is 8.52. The highest BCUT2D eigenvalue weighted by Crippen LogP contribution is 2.12. The Morgan fingerprint density at radius 1 is 0.808 bits per heavy atom. The van der Waals surface area contributed by atoms with E-state index < -0.39 is 6.10 Å². The van der Waals surface area contributed by atoms with Crippen molar-refractivity contribution >= 4 is 18.2 Å². The van der Waals surface area contributed by atoms with Gasteiger partial charge in [0.2, 0.25) is 0 Å². The van der Waals surface area contributed by atoms with Gasteiger partial charge in [0.15, 0.2) is 0 Å². The average molecular weight is 343 g/mol. The third kappa shape index (κ3) is 5.72. The maximum absolute atomic E-state index is 10.0. The molecule has 3 aromatic rings. The second kappa shape index (κ2) is 9.35. The van der Waals surface area contributed by atoms with E-state index in [4.69, 9.17) is 4.74 Å². The smallest absolute Gasteiger partial charge is 0.119 e. The van der Waals surface area contributed by atoms with Crippen molar-refractivity contribution in [3.8, 4) is 5.75 Å². The third-order valence-corrected chi connectivity index (χ3v) is 3.76. The summed E-state index contributed by atoms with van der Waals surface area (Å²) >= 11 is 0. The molecule has 2 aromatic carbocycles. The van der Waals surface area contributed by atoms with Crippen molar-refractivity contribution in [1.29, 1.82) is 0 Å². The zero-order valence-electron chi connectivity index (χ0n) is 14.4. The molecule has 1 N–H and O–H groups in total. The van der Waals surface area contributed by atoms with Crippen molar-refractivity contribution in [2.75, 3.05) is 6.61 Å². The lowest BCUT2D eigenvalue weighted by atomic mass is 10.1. The topological polar surface area (TPSA) is 42.4 Å². The summed E-state index contributed by atoms with van der Waals surface area (Å²) in [6.07, 6.45) is 10.7. The quantitative estimate of drug-likeness (QED) is 0.676. The predicted octanol–water partition coefficient (Wildman–Crippen LogP) is 4.71. The normalized spacial score (nSPS) is 12.5. The number of pyridine rings is 1. The first-order chi connectivity index (χ1) is 12.8. The molecule has 0 fully saturated rings. The molecule has 0 bridgehead atoms. The Morgan fingerprint density at radius 2 is 1.50 bits per heavy atom. The standard InChI is InChI=1S/C23H21NO2/c25-22(18-26-23-6-2-1-3-7-23)15-14-20-10-8-19(9-11-20)12-13-21-5-4-16-24-17-21/h1-17,22,25H,18H2/b13-12+,15-14+. The first kappa shape index (κ1) is 17.6. The lowest BCUT2D eigenvalue weighted by Crippen LogP contribution is -2.14. The molecule has 26 heavy (non-hydrogen) atoms. The SMILES string of the molecule is OC(/C=C/c1ccc(/C=C/c2cccnc2)cc1)COc1ccccc1. The van der Waals surface area contributed by atoms with Crippen molar-refractivity contribution < 1.29 is 9.84 Å². The van der Waals surface area contributed by atoms with Crippen LogP contribution in [0.15, 0.2) is 85.2 Å². The number of nitrogens with zero attached hydrogens (tertiary/aromatic N) is 1. The van der Waals surface area contributed by atoms with Gasteiger partial charge in [-0.15, -0.1) is 0 Å². The fraction of sp³-hybridized carbons (Fsp3) is 0.0870. The maximum Gasteiger partial charge on any atom is 0.119 e. The molecule has 0 radical (unpaired) electrons. The molecule has 3 heteroatoms. The van der Waals surface area contributed by atoms with Gasteiger partial charge in [0.1, 0.15) is 18.5 Å². The molecule has 0 spiro atoms. The van der Waals surface area contributed by atoms with Crippen LogP contribution in [-0.4, -0.2) is 22.8 Å². The van der Waals surface area contributed by atoms with Gasteiger partial charge in [0.25, 0.3) is 0 Å². The Bertz CT molecular complexity index is 840. The summed E-state index contributed by atoms with van der Waals surface area (Å²) in [6.45, 7) is 0.229. The second-order valence-corrected chi connectivity index (χ2v) is 5.84. The van der Waals surface area contributed by atoms with E-state index in [2.05, 4.69) is 4.98 Å². The number of aliphatic hydroxyl groups is 1. The number of aromatic nitrogens is 1. The van der Waals surface area contributed by atoms with Crippen LogP contribution in [-0.2, 0) is 0 Å². The van der Waals surface area contributed by atoms with Crippen LogP contribution in [0.1, 0.15) is 16.7 Å². The van der Waals surface area contributed by atoms with Crippen molar-refractivity contribution in [2.45, 2.75) is 6.10 Å². The Kier molecular flexibility index (Phi) is 6.35. The lowest BCUT2D eigenvalue weighted by molar-refractivity contribution is 0.145. The van der Waals surface area contributed by atoms with Crippen LogP contribution in [0.4, 0.5) is 0 Å². The Morgan fingerprint density at radius 3 is 2.19 bits per heavy atom. The fourth-order valence-corrected chi connectivity index (χ4v) is 2.36. The van der Waals surface area contributed by atoms with E-state index >= 15 is 0 Å². The molecule has 0 saturated heterocycles. The number of benzene rings is 2. The predicted molar refractivity (Wildman–Crippen MR) is 107 cm³/mol. The average Bonchev–Trinajstić information content (AvgIpc) is 2.71. The van der Waals surface area contributed by atoms with Crippen molar-refractivity contribution in [3.05, 3.63) is 102 Å². The van der Waals surface area contributed by atoms with Gasteiger partial charge < -0.3 is 9.84 Å². The summed E-state index contributed by atoms with van der Waals surface area (Å²) in [5.41, 5.74) is 3.21. The molecule has 1 unspecified atom stereocenters. The summed E-state index contributed by atoms with van der Waals surface area (Å²) in [5.74, 6) is 0.754. The van der Waals surface area contributed by atoms with Gasteiger partial charge in [-0.3, -0.25) is 4.98 Å². The molecule has 0 saturated carbocycles. The molecule has 0 aliphatic carbocycles. The summed E-state index contributed by atoms with van der Waals surface area (Å²) < 4.78 is 5.53. The minimum Gasteiger partial charge on any atom is -0.491 e. The number of hydrogen-bond donors (Lipinski definition) is 1. The number of rotatable bonds is 7. The highest BCUT2D eigenvalue weighted by atomic mass is 16.5. The van der Waals surface area contributed by atoms with Crippen LogP contribution in [0.3, 0.4) is 0 Å². The lowest BCUT2D eigenvalue weighted by Gasteiger charge is -2.08. The van der Waals surface area contributed by atoms with E-state index in [0.29, 0.717) is 0 Å². The van der Waals surface area contributed by atoms with E-state index in [1.165, 1.54) is 0 Å². The number of para-hydroxylation sites is 1. The van der Waals surface area contributed by atoms with Crippen molar-refractivity contribution in [1.82, 2.24) is 4.98 Å². The molecule has 1 heterocycles. The molecule has 0 amide bonds. The second-order valence-electron chi connectivity index (χ2n) is 5.84. The molecular weight excluding hydrogens is 322 g/mol. The molecule has 1 atom stereocenters. The van der Waals surface area contributed by atoms with Crippen molar-refractivity contribution in [3.63, 3.8) is 0 Å². The van der Waals surface area contributed by atoms with Crippen LogP contribution in [0.2, 0.25) is 0 Å². The summed E-state index contributed by atoms with van der Waals surface area (Å²) in [6, 6.07) is 21.5. The van der Waals surface area contributed by atoms with Crippen LogP contribution >= 0.6 is 0 Å². The molecule has 3 rings (SSSR count). The largest absolute Gasteiger partial charge is 0.491 e. The Hall–Kier alpha value is -3.17. The van der Waals surface area contributed by atoms with Gasteiger partial charge in [-0.05, 0) is 34.9 Å². The number of ether oxygens (including phenoxy) is 1. The summed E-state index contributed by atoms with van der Waals surface area (Å²) in [7, 11) is 0. The minimum absolute atomic E-state index is 0.229. The van der Waals surface area contributed by atoms with Gasteiger partial charge in [-0.2, -0.15) is 0 Å². The highest BCUT2D eigenvalue weighted by Gasteiger charge is 2.00. The number of aliphatic hydroxyl groups excluding tert-OH is 1. The van der Waals surface area contributed by atoms with Crippen LogP contribution in [0, 0.1) is 0 Å². The fourth-order valence-electron chi connectivity index (χ4n) is 2.36. The molecule has 3 nitrogen and oxygen atoms in total. The Balaban J connectivity index is 1.51. The zero-order chi connectivity index (χ0) is 18.0. The maximum atomic E-state index is 10.0. The monoisotopic (exact) mass is 343 g/mol. The van der Waals surface area contributed by atoms with Crippen molar-refractivity contribution in [2.24, 2.45) is 0 Å². The van der Waals surface area contributed by atoms with E-state index in [1.54, 1.807) is 12.3 Å². The van der Waals surface area contributed by atoms with E-state index in [1.807, 2.05) is 91.2 Å². The third-order valence-electron chi connectivity index (χ3n) is 3.76. The summed E-state index contributed by atoms with van der Waals surface area (Å²) in [5, 5.41) is 10.0. The van der Waals surface area contributed by atoms with Gasteiger partial charge in [-0.25, -0.2) is 0 Å². The van der Waals surface area contributed by atoms with Crippen LogP contribution in [0.25, 0.3) is 18.2 Å². The van der Waals surface area contributed by atoms with Gasteiger partial charge in [-0.1, -0.05) is 72.8 Å². The first-order valence-electron chi connectivity index (χ1n) is 8.52. The van der Waals surface area contributed by atoms with E-state index in [-0.39, 0.29) is 6.61 Å². The molecule has 130 valence electrons. The van der Waals surface area contributed by atoms with Crippen LogP contribution < -0.4 is 4.74 Å². The van der Waals surface area contributed by atoms with Gasteiger partial charge in [0, 0.05) is 12.4 Å². The molecular formula is C23H21NO2. The van der Waals surface area contributed by atoms with Crippen LogP contribution in [0.5, 0.6) is 5.75 Å². The van der Waals surface area contributed by atoms with Gasteiger partial charge in [0.05, 0.1) is 0 Å². The molecule has 0 aliphatic rings. The van der Waals surface area contributed by atoms with E-state index in [9.17, 15) is 5.11 Å². The minimum atomic E-state index is -0.652.